The molecule has 1 atom stereocenters. The number of hydrogen-bond acceptors (Lipinski definition) is 7. The Hall–Kier alpha value is -3.58. The molecule has 1 aromatic heterocycles. The van der Waals surface area contributed by atoms with Gasteiger partial charge < -0.3 is 14.2 Å². The first-order valence-corrected chi connectivity index (χ1v) is 15.6. The Labute approximate surface area is 276 Å². The van der Waals surface area contributed by atoms with Gasteiger partial charge in [0, 0.05) is 10.0 Å². The topological polar surface area (TPSA) is 79.1 Å². The standard InChI is InChI=1S/C31H22BrCl2F3N2O5S/c1-3-43-29(41)24-25(18-7-9-19(33)10-8-18)39-28(40)23(45-30(39)38-27(24)31(35,36)37)14-17-12-21(32)26(22(13-17)42-2)44-15-16-5-4-6-20(34)11-16/h4-14,25H,3,15H2,1-2H3/b23-14-/t25-/m1/s1. The van der Waals surface area contributed by atoms with Crippen LogP contribution in [0.4, 0.5) is 13.2 Å². The molecule has 0 saturated carbocycles. The molecule has 5 rings (SSSR count). The van der Waals surface area contributed by atoms with Gasteiger partial charge in [-0.2, -0.15) is 13.2 Å². The number of halogens is 6. The SMILES string of the molecule is CCOC(=O)C1=C(C(F)(F)F)N=c2s/c(=C\c3cc(Br)c(OCc4cccc(Cl)c4)c(OC)c3)c(=O)n2[C@@H]1c1ccc(Cl)cc1. The van der Waals surface area contributed by atoms with Gasteiger partial charge in [-0.25, -0.2) is 9.79 Å². The average Bonchev–Trinajstić information content (AvgIpc) is 3.30. The van der Waals surface area contributed by atoms with Gasteiger partial charge in [-0.15, -0.1) is 0 Å². The minimum atomic E-state index is -5.01. The van der Waals surface area contributed by atoms with E-state index in [-0.39, 0.29) is 28.1 Å². The molecule has 45 heavy (non-hydrogen) atoms. The van der Waals surface area contributed by atoms with Crippen molar-refractivity contribution >= 4 is 62.5 Å². The smallest absolute Gasteiger partial charge is 0.434 e. The normalized spacial score (nSPS) is 15.0. The number of benzene rings is 3. The summed E-state index contributed by atoms with van der Waals surface area (Å²) in [6.07, 6.45) is -3.51. The number of fused-ring (bicyclic) bond motifs is 1. The first-order chi connectivity index (χ1) is 21.4. The predicted octanol–water partition coefficient (Wildman–Crippen LogP) is 7.00. The molecule has 4 aromatic rings. The van der Waals surface area contributed by atoms with E-state index in [1.54, 1.807) is 30.3 Å². The number of allylic oxidation sites excluding steroid dienone is 1. The van der Waals surface area contributed by atoms with Gasteiger partial charge in [-0.05, 0) is 82.0 Å². The summed E-state index contributed by atoms with van der Waals surface area (Å²) in [7, 11) is 1.45. The van der Waals surface area contributed by atoms with E-state index in [0.717, 1.165) is 21.5 Å². The van der Waals surface area contributed by atoms with Crippen LogP contribution in [0, 0.1) is 0 Å². The van der Waals surface area contributed by atoms with Crippen molar-refractivity contribution in [2.45, 2.75) is 25.7 Å². The molecule has 0 bridgehead atoms. The first-order valence-electron chi connectivity index (χ1n) is 13.2. The zero-order valence-electron chi connectivity index (χ0n) is 23.5. The van der Waals surface area contributed by atoms with Crippen LogP contribution in [-0.2, 0) is 16.1 Å². The van der Waals surface area contributed by atoms with Crippen molar-refractivity contribution in [3.8, 4) is 11.5 Å². The van der Waals surface area contributed by atoms with E-state index in [2.05, 4.69) is 20.9 Å². The van der Waals surface area contributed by atoms with Crippen molar-refractivity contribution in [3.05, 3.63) is 123 Å². The van der Waals surface area contributed by atoms with E-state index >= 15 is 0 Å². The van der Waals surface area contributed by atoms with Crippen molar-refractivity contribution < 1.29 is 32.2 Å². The van der Waals surface area contributed by atoms with E-state index < -0.39 is 35.0 Å². The zero-order chi connectivity index (χ0) is 32.5. The Bertz CT molecular complexity index is 1990. The number of ether oxygens (including phenoxy) is 3. The summed E-state index contributed by atoms with van der Waals surface area (Å²) in [4.78, 5) is 30.4. The highest BCUT2D eigenvalue weighted by molar-refractivity contribution is 9.10. The number of thiazole rings is 1. The van der Waals surface area contributed by atoms with E-state index in [9.17, 15) is 22.8 Å². The van der Waals surface area contributed by atoms with E-state index in [1.165, 1.54) is 44.4 Å². The number of esters is 1. The highest BCUT2D eigenvalue weighted by Gasteiger charge is 2.45. The molecule has 0 unspecified atom stereocenters. The maximum Gasteiger partial charge on any atom is 0.434 e. The molecular formula is C31H22BrCl2F3N2O5S. The van der Waals surface area contributed by atoms with Gasteiger partial charge in [-0.1, -0.05) is 58.8 Å². The second kappa shape index (κ2) is 13.4. The molecule has 0 aliphatic carbocycles. The van der Waals surface area contributed by atoms with Crippen molar-refractivity contribution in [3.63, 3.8) is 0 Å². The number of carbonyl (C=O) groups excluding carboxylic acids is 1. The zero-order valence-corrected chi connectivity index (χ0v) is 27.4. The summed E-state index contributed by atoms with van der Waals surface area (Å²) >= 11 is 16.3. The van der Waals surface area contributed by atoms with Gasteiger partial charge in [0.25, 0.3) is 5.56 Å². The number of rotatable bonds is 8. The number of hydrogen-bond donors (Lipinski definition) is 0. The summed E-state index contributed by atoms with van der Waals surface area (Å²) in [6, 6.07) is 14.8. The number of methoxy groups -OCH3 is 1. The van der Waals surface area contributed by atoms with Crippen LogP contribution in [0.3, 0.4) is 0 Å². The van der Waals surface area contributed by atoms with Crippen LogP contribution in [0.5, 0.6) is 11.5 Å². The minimum absolute atomic E-state index is 0.0703. The minimum Gasteiger partial charge on any atom is -0.493 e. The van der Waals surface area contributed by atoms with Gasteiger partial charge in [-0.3, -0.25) is 9.36 Å². The van der Waals surface area contributed by atoms with Crippen LogP contribution in [0.25, 0.3) is 6.08 Å². The van der Waals surface area contributed by atoms with Gasteiger partial charge in [0.2, 0.25) is 0 Å². The van der Waals surface area contributed by atoms with Crippen LogP contribution >= 0.6 is 50.5 Å². The summed E-state index contributed by atoms with van der Waals surface area (Å²) in [5, 5.41) is 0.886. The molecular weight excluding hydrogens is 720 g/mol. The molecule has 1 aliphatic rings. The molecule has 2 heterocycles. The number of alkyl halides is 3. The Morgan fingerprint density at radius 1 is 1.11 bits per heavy atom. The lowest BCUT2D eigenvalue weighted by molar-refractivity contribution is -0.140. The van der Waals surface area contributed by atoms with Gasteiger partial charge in [0.15, 0.2) is 22.0 Å². The van der Waals surface area contributed by atoms with E-state index in [4.69, 9.17) is 37.4 Å². The third-order valence-electron chi connectivity index (χ3n) is 6.60. The van der Waals surface area contributed by atoms with Crippen LogP contribution in [0.2, 0.25) is 10.0 Å². The Balaban J connectivity index is 1.64. The fourth-order valence-electron chi connectivity index (χ4n) is 4.70. The molecule has 3 aromatic carbocycles. The van der Waals surface area contributed by atoms with Crippen LogP contribution < -0.4 is 24.4 Å². The van der Waals surface area contributed by atoms with Crippen molar-refractivity contribution in [1.29, 1.82) is 0 Å². The summed E-state index contributed by atoms with van der Waals surface area (Å²) < 4.78 is 61.2. The summed E-state index contributed by atoms with van der Waals surface area (Å²) in [5.74, 6) is -0.494. The Kier molecular flexibility index (Phi) is 9.78. The lowest BCUT2D eigenvalue weighted by atomic mass is 9.95. The molecule has 0 spiro atoms. The molecule has 0 radical (unpaired) electrons. The molecule has 234 valence electrons. The quantitative estimate of drug-likeness (QED) is 0.182. The van der Waals surface area contributed by atoms with Crippen molar-refractivity contribution in [2.24, 2.45) is 4.99 Å². The Morgan fingerprint density at radius 3 is 2.49 bits per heavy atom. The van der Waals surface area contributed by atoms with E-state index in [0.29, 0.717) is 31.6 Å². The van der Waals surface area contributed by atoms with Crippen LogP contribution in [-0.4, -0.2) is 30.4 Å². The largest absolute Gasteiger partial charge is 0.493 e. The molecule has 0 N–H and O–H groups in total. The van der Waals surface area contributed by atoms with Crippen molar-refractivity contribution in [2.75, 3.05) is 13.7 Å². The second-order valence-corrected chi connectivity index (χ2v) is 12.3. The third-order valence-corrected chi connectivity index (χ3v) is 8.66. The maximum atomic E-state index is 14.3. The average molecular weight is 742 g/mol. The lowest BCUT2D eigenvalue weighted by Crippen LogP contribution is -2.41. The molecule has 0 fully saturated rings. The number of carbonyl (C=O) groups is 1. The molecule has 7 nitrogen and oxygen atoms in total. The second-order valence-electron chi connectivity index (χ2n) is 9.57. The van der Waals surface area contributed by atoms with Crippen molar-refractivity contribution in [1.82, 2.24) is 4.57 Å². The highest BCUT2D eigenvalue weighted by atomic mass is 79.9. The number of nitrogens with zero attached hydrogens (tertiary/aromatic N) is 2. The summed E-state index contributed by atoms with van der Waals surface area (Å²) in [5.41, 5.74) is -1.34. The number of aromatic nitrogens is 1. The van der Waals surface area contributed by atoms with E-state index in [1.807, 2.05) is 6.07 Å². The van der Waals surface area contributed by atoms with Gasteiger partial charge >= 0.3 is 12.1 Å². The molecule has 1 aliphatic heterocycles. The van der Waals surface area contributed by atoms with Gasteiger partial charge in [0.05, 0.1) is 34.3 Å². The van der Waals surface area contributed by atoms with Crippen LogP contribution in [0.15, 0.2) is 86.2 Å². The molecule has 0 amide bonds. The Morgan fingerprint density at radius 2 is 1.84 bits per heavy atom. The third kappa shape index (κ3) is 6.99. The lowest BCUT2D eigenvalue weighted by Gasteiger charge is -2.26. The monoisotopic (exact) mass is 740 g/mol. The molecule has 0 saturated heterocycles. The fourth-order valence-corrected chi connectivity index (χ4v) is 6.61. The predicted molar refractivity (Wildman–Crippen MR) is 169 cm³/mol. The maximum absolute atomic E-state index is 14.3. The first kappa shape index (κ1) is 32.8. The fraction of sp³-hybridized carbons (Fsp3) is 0.194. The molecule has 14 heteroatoms. The summed E-state index contributed by atoms with van der Waals surface area (Å²) in [6.45, 7) is 1.49. The highest BCUT2D eigenvalue weighted by Crippen LogP contribution is 2.39. The van der Waals surface area contributed by atoms with Gasteiger partial charge in [0.1, 0.15) is 6.61 Å². The van der Waals surface area contributed by atoms with Crippen LogP contribution in [0.1, 0.15) is 29.7 Å².